The number of piperazine rings is 1. The summed E-state index contributed by atoms with van der Waals surface area (Å²) in [5.41, 5.74) is 1.74. The Kier molecular flexibility index (Phi) is 4.42. The quantitative estimate of drug-likeness (QED) is 0.918. The van der Waals surface area contributed by atoms with Gasteiger partial charge in [0.1, 0.15) is 12.1 Å². The zero-order valence-electron chi connectivity index (χ0n) is 12.3. The molecule has 0 bridgehead atoms. The van der Waals surface area contributed by atoms with E-state index >= 15 is 0 Å². The number of thiazole rings is 1. The van der Waals surface area contributed by atoms with Crippen molar-refractivity contribution in [2.24, 2.45) is 11.8 Å². The molecule has 6 heteroatoms. The highest BCUT2D eigenvalue weighted by molar-refractivity contribution is 7.09. The normalized spacial score (nSPS) is 23.6. The zero-order chi connectivity index (χ0) is 14.9. The maximum Gasteiger partial charge on any atom is 0.246 e. The maximum absolute atomic E-state index is 12.6. The van der Waals surface area contributed by atoms with Crippen LogP contribution in [0.5, 0.6) is 0 Å². The van der Waals surface area contributed by atoms with Crippen LogP contribution in [0.15, 0.2) is 11.7 Å². The van der Waals surface area contributed by atoms with E-state index in [0.717, 1.165) is 4.88 Å². The second-order valence-electron chi connectivity index (χ2n) is 5.85. The van der Waals surface area contributed by atoms with Crippen molar-refractivity contribution in [3.05, 3.63) is 16.6 Å². The summed E-state index contributed by atoms with van der Waals surface area (Å²) in [6, 6.07) is -0.829. The lowest BCUT2D eigenvalue weighted by Crippen LogP contribution is -2.65. The third kappa shape index (κ3) is 2.85. The van der Waals surface area contributed by atoms with E-state index in [0.29, 0.717) is 6.54 Å². The molecule has 1 saturated heterocycles. The lowest BCUT2D eigenvalue weighted by molar-refractivity contribution is -0.153. The molecule has 1 aromatic heterocycles. The summed E-state index contributed by atoms with van der Waals surface area (Å²) in [7, 11) is 0. The lowest BCUT2D eigenvalue weighted by atomic mass is 9.93. The van der Waals surface area contributed by atoms with Crippen molar-refractivity contribution in [1.82, 2.24) is 15.2 Å². The van der Waals surface area contributed by atoms with E-state index in [1.165, 1.54) is 11.3 Å². The molecule has 0 spiro atoms. The molecule has 2 atom stereocenters. The van der Waals surface area contributed by atoms with Crippen LogP contribution >= 0.6 is 11.3 Å². The Bertz CT molecular complexity index is 485. The molecule has 1 aromatic rings. The van der Waals surface area contributed by atoms with E-state index in [1.807, 2.05) is 27.7 Å². The first kappa shape index (κ1) is 15.0. The molecule has 1 fully saturated rings. The molecule has 1 aliphatic rings. The summed E-state index contributed by atoms with van der Waals surface area (Å²) in [5, 5.41) is 2.86. The Morgan fingerprint density at radius 3 is 2.50 bits per heavy atom. The van der Waals surface area contributed by atoms with E-state index in [-0.39, 0.29) is 23.7 Å². The highest BCUT2D eigenvalue weighted by atomic mass is 32.1. The molecule has 1 aliphatic heterocycles. The fourth-order valence-corrected chi connectivity index (χ4v) is 3.13. The summed E-state index contributed by atoms with van der Waals surface area (Å²) in [6.45, 7) is 8.29. The van der Waals surface area contributed by atoms with E-state index in [9.17, 15) is 9.59 Å². The molecule has 2 unspecified atom stereocenters. The number of aromatic nitrogens is 1. The van der Waals surface area contributed by atoms with Crippen molar-refractivity contribution in [3.8, 4) is 0 Å². The highest BCUT2D eigenvalue weighted by Gasteiger charge is 2.42. The SMILES string of the molecule is CC(C)C1NC(=O)C(C(C)C)N(Cc2cncs2)C1=O. The van der Waals surface area contributed by atoms with Gasteiger partial charge in [0.2, 0.25) is 11.8 Å². The predicted molar refractivity (Wildman–Crippen MR) is 78.1 cm³/mol. The fourth-order valence-electron chi connectivity index (χ4n) is 2.54. The van der Waals surface area contributed by atoms with Crippen molar-refractivity contribution in [2.75, 3.05) is 0 Å². The van der Waals surface area contributed by atoms with Gasteiger partial charge >= 0.3 is 0 Å². The van der Waals surface area contributed by atoms with Crippen LogP contribution in [-0.2, 0) is 16.1 Å². The molecule has 0 aromatic carbocycles. The Morgan fingerprint density at radius 1 is 1.30 bits per heavy atom. The number of nitrogens with zero attached hydrogens (tertiary/aromatic N) is 2. The fraction of sp³-hybridized carbons (Fsp3) is 0.643. The van der Waals surface area contributed by atoms with Gasteiger partial charge in [0, 0.05) is 11.1 Å². The third-order valence-corrected chi connectivity index (χ3v) is 4.32. The Balaban J connectivity index is 2.28. The first-order valence-corrected chi connectivity index (χ1v) is 7.78. The van der Waals surface area contributed by atoms with Crippen molar-refractivity contribution < 1.29 is 9.59 Å². The number of carbonyl (C=O) groups excluding carboxylic acids is 2. The van der Waals surface area contributed by atoms with E-state index in [2.05, 4.69) is 10.3 Å². The summed E-state index contributed by atoms with van der Waals surface area (Å²) in [5.74, 6) is 0.123. The van der Waals surface area contributed by atoms with Gasteiger partial charge < -0.3 is 10.2 Å². The van der Waals surface area contributed by atoms with Gasteiger partial charge in [-0.05, 0) is 11.8 Å². The number of amides is 2. The maximum atomic E-state index is 12.6. The average molecular weight is 295 g/mol. The van der Waals surface area contributed by atoms with Crippen molar-refractivity contribution in [2.45, 2.75) is 46.3 Å². The third-order valence-electron chi connectivity index (χ3n) is 3.56. The minimum atomic E-state index is -0.426. The standard InChI is InChI=1S/C14H21N3O2S/c1-8(2)11-14(19)17(6-10-5-15-7-20-10)12(9(3)4)13(18)16-11/h5,7-9,11-12H,6H2,1-4H3,(H,16,18). The predicted octanol–water partition coefficient (Wildman–Crippen LogP) is 1.65. The summed E-state index contributed by atoms with van der Waals surface area (Å²) in [6.07, 6.45) is 1.76. The van der Waals surface area contributed by atoms with Crippen LogP contribution < -0.4 is 5.32 Å². The Morgan fingerprint density at radius 2 is 2.00 bits per heavy atom. The number of rotatable bonds is 4. The lowest BCUT2D eigenvalue weighted by Gasteiger charge is -2.41. The van der Waals surface area contributed by atoms with Gasteiger partial charge in [-0.25, -0.2) is 0 Å². The number of hydrogen-bond acceptors (Lipinski definition) is 4. The average Bonchev–Trinajstić information content (AvgIpc) is 2.85. The van der Waals surface area contributed by atoms with E-state index in [4.69, 9.17) is 0 Å². The van der Waals surface area contributed by atoms with Crippen molar-refractivity contribution >= 4 is 23.2 Å². The van der Waals surface area contributed by atoms with Crippen LogP contribution in [0, 0.1) is 11.8 Å². The van der Waals surface area contributed by atoms with Crippen LogP contribution in [0.4, 0.5) is 0 Å². The molecule has 5 nitrogen and oxygen atoms in total. The molecule has 0 radical (unpaired) electrons. The van der Waals surface area contributed by atoms with Gasteiger partial charge in [-0.3, -0.25) is 14.6 Å². The second-order valence-corrected chi connectivity index (χ2v) is 6.82. The molecule has 1 N–H and O–H groups in total. The van der Waals surface area contributed by atoms with Crippen LogP contribution in [0.3, 0.4) is 0 Å². The first-order chi connectivity index (χ1) is 9.41. The molecule has 2 rings (SSSR count). The highest BCUT2D eigenvalue weighted by Crippen LogP contribution is 2.23. The molecule has 0 saturated carbocycles. The van der Waals surface area contributed by atoms with Gasteiger partial charge in [-0.2, -0.15) is 0 Å². The second kappa shape index (κ2) is 5.91. The molecule has 20 heavy (non-hydrogen) atoms. The first-order valence-electron chi connectivity index (χ1n) is 6.90. The Labute approximate surface area is 123 Å². The van der Waals surface area contributed by atoms with Crippen molar-refractivity contribution in [1.29, 1.82) is 0 Å². The monoisotopic (exact) mass is 295 g/mol. The summed E-state index contributed by atoms with van der Waals surface area (Å²) < 4.78 is 0. The van der Waals surface area contributed by atoms with Gasteiger partial charge in [-0.15, -0.1) is 11.3 Å². The minimum absolute atomic E-state index is 0.00620. The topological polar surface area (TPSA) is 62.3 Å². The molecule has 2 heterocycles. The van der Waals surface area contributed by atoms with Gasteiger partial charge in [0.15, 0.2) is 0 Å². The number of hydrogen-bond donors (Lipinski definition) is 1. The van der Waals surface area contributed by atoms with Gasteiger partial charge in [0.25, 0.3) is 0 Å². The summed E-state index contributed by atoms with van der Waals surface area (Å²) in [4.78, 5) is 31.7. The van der Waals surface area contributed by atoms with Crippen LogP contribution in [0.2, 0.25) is 0 Å². The molecule has 0 aliphatic carbocycles. The van der Waals surface area contributed by atoms with Crippen molar-refractivity contribution in [3.63, 3.8) is 0 Å². The van der Waals surface area contributed by atoms with Gasteiger partial charge in [-0.1, -0.05) is 27.7 Å². The van der Waals surface area contributed by atoms with Crippen LogP contribution in [0.1, 0.15) is 32.6 Å². The Hall–Kier alpha value is -1.43. The van der Waals surface area contributed by atoms with E-state index < -0.39 is 12.1 Å². The largest absolute Gasteiger partial charge is 0.342 e. The summed E-state index contributed by atoms with van der Waals surface area (Å²) >= 11 is 1.51. The number of nitrogens with one attached hydrogen (secondary N) is 1. The molecule has 110 valence electrons. The molecule has 2 amide bonds. The minimum Gasteiger partial charge on any atom is -0.342 e. The van der Waals surface area contributed by atoms with Crippen LogP contribution in [0.25, 0.3) is 0 Å². The molecular weight excluding hydrogens is 274 g/mol. The van der Waals surface area contributed by atoms with E-state index in [1.54, 1.807) is 16.6 Å². The molecular formula is C14H21N3O2S. The smallest absolute Gasteiger partial charge is 0.246 e. The number of carbonyl (C=O) groups is 2. The zero-order valence-corrected chi connectivity index (χ0v) is 13.1. The van der Waals surface area contributed by atoms with Crippen LogP contribution in [-0.4, -0.2) is 33.8 Å². The van der Waals surface area contributed by atoms with Gasteiger partial charge in [0.05, 0.1) is 12.1 Å².